The number of pyridine rings is 1. The highest BCUT2D eigenvalue weighted by molar-refractivity contribution is 5.57. The van der Waals surface area contributed by atoms with Gasteiger partial charge >= 0.3 is 0 Å². The maximum atomic E-state index is 8.96. The van der Waals surface area contributed by atoms with Gasteiger partial charge in [0.15, 0.2) is 5.76 Å². The molecule has 2 N–H and O–H groups in total. The minimum absolute atomic E-state index is 0.138. The van der Waals surface area contributed by atoms with E-state index in [1.807, 2.05) is 6.07 Å². The van der Waals surface area contributed by atoms with Crippen molar-refractivity contribution in [3.63, 3.8) is 0 Å². The molecular formula is C13H15N3O3. The van der Waals surface area contributed by atoms with Gasteiger partial charge in [0.05, 0.1) is 12.8 Å². The quantitative estimate of drug-likeness (QED) is 0.834. The summed E-state index contributed by atoms with van der Waals surface area (Å²) in [5.74, 6) is 1.27. The molecule has 1 fully saturated rings. The van der Waals surface area contributed by atoms with Gasteiger partial charge in [0.25, 0.3) is 0 Å². The first-order valence-electron chi connectivity index (χ1n) is 6.23. The Morgan fingerprint density at radius 1 is 1.42 bits per heavy atom. The standard InChI is InChI=1S/C13H15N3O3/c17-7-11-4-13(19-16-11)9-3-12(6-14-5-9)18-8-10-1-2-15-10/h3-6,10,15,17H,1-2,7-8H2. The van der Waals surface area contributed by atoms with Gasteiger partial charge in [-0.05, 0) is 19.0 Å². The second-order valence-electron chi connectivity index (χ2n) is 4.50. The van der Waals surface area contributed by atoms with E-state index in [1.54, 1.807) is 18.5 Å². The van der Waals surface area contributed by atoms with Crippen LogP contribution >= 0.6 is 0 Å². The largest absolute Gasteiger partial charge is 0.490 e. The van der Waals surface area contributed by atoms with E-state index in [1.165, 1.54) is 0 Å². The molecule has 19 heavy (non-hydrogen) atoms. The third-order valence-electron chi connectivity index (χ3n) is 3.10. The van der Waals surface area contributed by atoms with Gasteiger partial charge in [-0.1, -0.05) is 5.16 Å². The summed E-state index contributed by atoms with van der Waals surface area (Å²) in [6, 6.07) is 3.98. The Kier molecular flexibility index (Phi) is 3.43. The Labute approximate surface area is 110 Å². The van der Waals surface area contributed by atoms with Crippen molar-refractivity contribution in [1.29, 1.82) is 0 Å². The first kappa shape index (κ1) is 12.1. The van der Waals surface area contributed by atoms with Gasteiger partial charge in [-0.25, -0.2) is 0 Å². The van der Waals surface area contributed by atoms with Gasteiger partial charge in [-0.15, -0.1) is 0 Å². The predicted molar refractivity (Wildman–Crippen MR) is 67.6 cm³/mol. The third-order valence-corrected chi connectivity index (χ3v) is 3.10. The molecule has 3 rings (SSSR count). The molecular weight excluding hydrogens is 246 g/mol. The Balaban J connectivity index is 1.71. The Morgan fingerprint density at radius 2 is 2.32 bits per heavy atom. The first-order valence-corrected chi connectivity index (χ1v) is 6.23. The Hall–Kier alpha value is -1.92. The normalized spacial score (nSPS) is 18.1. The van der Waals surface area contributed by atoms with Crippen LogP contribution in [0.5, 0.6) is 5.75 Å². The van der Waals surface area contributed by atoms with Crippen LogP contribution in [0.1, 0.15) is 12.1 Å². The molecule has 1 aliphatic rings. The topological polar surface area (TPSA) is 80.4 Å². The van der Waals surface area contributed by atoms with Crippen molar-refractivity contribution in [2.45, 2.75) is 19.1 Å². The summed E-state index contributed by atoms with van der Waals surface area (Å²) in [5, 5.41) is 16.0. The summed E-state index contributed by atoms with van der Waals surface area (Å²) in [6.45, 7) is 1.57. The molecule has 3 heterocycles. The zero-order valence-corrected chi connectivity index (χ0v) is 10.4. The van der Waals surface area contributed by atoms with Gasteiger partial charge in [-0.3, -0.25) is 4.98 Å². The van der Waals surface area contributed by atoms with E-state index in [9.17, 15) is 0 Å². The van der Waals surface area contributed by atoms with Crippen molar-refractivity contribution in [1.82, 2.24) is 15.5 Å². The summed E-state index contributed by atoms with van der Waals surface area (Å²) >= 11 is 0. The van der Waals surface area contributed by atoms with Crippen LogP contribution in [0.2, 0.25) is 0 Å². The van der Waals surface area contributed by atoms with Crippen LogP contribution in [0.3, 0.4) is 0 Å². The minimum atomic E-state index is -0.138. The maximum Gasteiger partial charge on any atom is 0.168 e. The number of rotatable bonds is 5. The van der Waals surface area contributed by atoms with Crippen molar-refractivity contribution in [3.8, 4) is 17.1 Å². The molecule has 2 aromatic rings. The summed E-state index contributed by atoms with van der Waals surface area (Å²) in [7, 11) is 0. The van der Waals surface area contributed by atoms with Gasteiger partial charge in [0.1, 0.15) is 18.1 Å². The molecule has 6 heteroatoms. The molecule has 1 atom stereocenters. The lowest BCUT2D eigenvalue weighted by atomic mass is 10.1. The van der Waals surface area contributed by atoms with Crippen LogP contribution in [0.25, 0.3) is 11.3 Å². The second kappa shape index (κ2) is 5.38. The highest BCUT2D eigenvalue weighted by atomic mass is 16.5. The Morgan fingerprint density at radius 3 is 3.00 bits per heavy atom. The molecule has 0 saturated carbocycles. The molecule has 1 unspecified atom stereocenters. The molecule has 0 radical (unpaired) electrons. The number of nitrogens with one attached hydrogen (secondary N) is 1. The van der Waals surface area contributed by atoms with Crippen LogP contribution in [0.15, 0.2) is 29.0 Å². The molecule has 2 aromatic heterocycles. The predicted octanol–water partition coefficient (Wildman–Crippen LogP) is 0.970. The number of hydrogen-bond donors (Lipinski definition) is 2. The highest BCUT2D eigenvalue weighted by Gasteiger charge is 2.17. The molecule has 0 aliphatic carbocycles. The van der Waals surface area contributed by atoms with Crippen molar-refractivity contribution in [3.05, 3.63) is 30.2 Å². The molecule has 0 spiro atoms. The highest BCUT2D eigenvalue weighted by Crippen LogP contribution is 2.23. The zero-order chi connectivity index (χ0) is 13.1. The summed E-state index contributed by atoms with van der Waals surface area (Å²) < 4.78 is 10.8. The average molecular weight is 261 g/mol. The lowest BCUT2D eigenvalue weighted by molar-refractivity contribution is 0.217. The van der Waals surface area contributed by atoms with Crippen molar-refractivity contribution in [2.24, 2.45) is 0 Å². The van der Waals surface area contributed by atoms with Gasteiger partial charge in [-0.2, -0.15) is 0 Å². The lowest BCUT2D eigenvalue weighted by Gasteiger charge is -2.27. The summed E-state index contributed by atoms with van der Waals surface area (Å²) in [6.07, 6.45) is 4.50. The van der Waals surface area contributed by atoms with E-state index in [0.717, 1.165) is 18.5 Å². The van der Waals surface area contributed by atoms with Crippen LogP contribution in [-0.2, 0) is 6.61 Å². The van der Waals surface area contributed by atoms with Crippen LogP contribution < -0.4 is 10.1 Å². The lowest BCUT2D eigenvalue weighted by Crippen LogP contribution is -2.46. The number of aliphatic hydroxyl groups is 1. The fourth-order valence-electron chi connectivity index (χ4n) is 1.84. The van der Waals surface area contributed by atoms with Gasteiger partial charge in [0, 0.05) is 23.9 Å². The number of ether oxygens (including phenoxy) is 1. The Bertz CT molecular complexity index is 552. The van der Waals surface area contributed by atoms with Gasteiger partial charge < -0.3 is 19.7 Å². The molecule has 0 bridgehead atoms. The molecule has 100 valence electrons. The van der Waals surface area contributed by atoms with Crippen molar-refractivity contribution >= 4 is 0 Å². The minimum Gasteiger partial charge on any atom is -0.490 e. The maximum absolute atomic E-state index is 8.96. The monoisotopic (exact) mass is 261 g/mol. The van der Waals surface area contributed by atoms with Crippen LogP contribution in [-0.4, -0.2) is 34.4 Å². The molecule has 0 aromatic carbocycles. The van der Waals surface area contributed by atoms with E-state index in [0.29, 0.717) is 29.9 Å². The zero-order valence-electron chi connectivity index (χ0n) is 10.4. The van der Waals surface area contributed by atoms with Crippen molar-refractivity contribution < 1.29 is 14.4 Å². The van der Waals surface area contributed by atoms with E-state index < -0.39 is 0 Å². The van der Waals surface area contributed by atoms with E-state index in [-0.39, 0.29) is 6.61 Å². The van der Waals surface area contributed by atoms with E-state index in [2.05, 4.69) is 15.5 Å². The average Bonchev–Trinajstić information content (AvgIpc) is 2.86. The fraction of sp³-hybridized carbons (Fsp3) is 0.385. The van der Waals surface area contributed by atoms with Crippen LogP contribution in [0.4, 0.5) is 0 Å². The van der Waals surface area contributed by atoms with Crippen molar-refractivity contribution in [2.75, 3.05) is 13.2 Å². The first-order chi connectivity index (χ1) is 9.35. The van der Waals surface area contributed by atoms with Gasteiger partial charge in [0.2, 0.25) is 0 Å². The van der Waals surface area contributed by atoms with Crippen LogP contribution in [0, 0.1) is 0 Å². The number of aromatic nitrogens is 2. The van der Waals surface area contributed by atoms with E-state index >= 15 is 0 Å². The smallest absolute Gasteiger partial charge is 0.168 e. The molecule has 6 nitrogen and oxygen atoms in total. The SMILES string of the molecule is OCc1cc(-c2cncc(OCC3CCN3)c2)on1. The summed E-state index contributed by atoms with van der Waals surface area (Å²) in [4.78, 5) is 4.12. The molecule has 0 amide bonds. The van der Waals surface area contributed by atoms with E-state index in [4.69, 9.17) is 14.4 Å². The third kappa shape index (κ3) is 2.74. The fourth-order valence-corrected chi connectivity index (χ4v) is 1.84. The second-order valence-corrected chi connectivity index (χ2v) is 4.50. The summed E-state index contributed by atoms with van der Waals surface area (Å²) in [5.41, 5.74) is 1.28. The molecule has 1 saturated heterocycles. The molecule has 1 aliphatic heterocycles. The number of aliphatic hydroxyl groups excluding tert-OH is 1. The number of hydrogen-bond acceptors (Lipinski definition) is 6. The number of nitrogens with zero attached hydrogens (tertiary/aromatic N) is 2.